The van der Waals surface area contributed by atoms with Crippen molar-refractivity contribution in [3.05, 3.63) is 144 Å². The molecule has 66 heavy (non-hydrogen) atoms. The van der Waals surface area contributed by atoms with E-state index in [-0.39, 0.29) is 47.8 Å². The first kappa shape index (κ1) is 45.5. The van der Waals surface area contributed by atoms with Crippen LogP contribution in [0.5, 0.6) is 28.7 Å². The Bertz CT molecular complexity index is 2850. The van der Waals surface area contributed by atoms with E-state index in [2.05, 4.69) is 17.1 Å². The molecule has 0 aliphatic carbocycles. The van der Waals surface area contributed by atoms with Crippen LogP contribution in [-0.2, 0) is 30.8 Å². The summed E-state index contributed by atoms with van der Waals surface area (Å²) in [6.45, 7) is 5.80. The van der Waals surface area contributed by atoms with Crippen molar-refractivity contribution >= 4 is 44.2 Å². The number of nitrogens with zero attached hydrogens (tertiary/aromatic N) is 2. The third-order valence-electron chi connectivity index (χ3n) is 11.4. The smallest absolute Gasteiger partial charge is 0.266 e. The molecule has 1 unspecified atom stereocenters. The Kier molecular flexibility index (Phi) is 14.1. The Balaban J connectivity index is 0.831. The lowest BCUT2D eigenvalue weighted by atomic mass is 9.99. The molecule has 6 aromatic carbocycles. The van der Waals surface area contributed by atoms with Crippen LogP contribution < -0.4 is 24.3 Å². The predicted octanol–water partition coefficient (Wildman–Crippen LogP) is 7.48. The van der Waals surface area contributed by atoms with E-state index in [0.29, 0.717) is 50.2 Å². The van der Waals surface area contributed by atoms with Crippen LogP contribution in [0.3, 0.4) is 0 Å². The van der Waals surface area contributed by atoms with Gasteiger partial charge in [0.2, 0.25) is 11.8 Å². The number of fused-ring (bicyclic) bond motifs is 2. The van der Waals surface area contributed by atoms with E-state index >= 15 is 0 Å². The van der Waals surface area contributed by atoms with Gasteiger partial charge < -0.3 is 23.7 Å². The van der Waals surface area contributed by atoms with Crippen molar-refractivity contribution in [3.8, 4) is 39.9 Å². The number of hydrogen-bond acceptors (Lipinski definition) is 12. The van der Waals surface area contributed by atoms with Crippen LogP contribution in [0, 0.1) is 0 Å². The van der Waals surface area contributed by atoms with Crippen LogP contribution in [0.4, 0.5) is 0 Å². The van der Waals surface area contributed by atoms with E-state index in [0.717, 1.165) is 44.7 Å². The summed E-state index contributed by atoms with van der Waals surface area (Å²) in [6.07, 6.45) is 1.30. The molecule has 0 radical (unpaired) electrons. The largest absolute Gasteiger partial charge is 0.492 e. The molecule has 2 heterocycles. The summed E-state index contributed by atoms with van der Waals surface area (Å²) in [7, 11) is -3.37. The summed E-state index contributed by atoms with van der Waals surface area (Å²) in [5.41, 5.74) is 2.91. The normalized spacial score (nSPS) is 15.0. The number of amides is 4. The first-order valence-corrected chi connectivity index (χ1v) is 23.6. The molecule has 2 aliphatic heterocycles. The number of likely N-dealkylation sites (N-methyl/N-ethyl adjacent to an activating group) is 1. The van der Waals surface area contributed by atoms with Crippen molar-refractivity contribution in [2.45, 2.75) is 37.3 Å². The Hall–Kier alpha value is -7.07. The second-order valence-electron chi connectivity index (χ2n) is 15.8. The lowest BCUT2D eigenvalue weighted by molar-refractivity contribution is -0.136. The van der Waals surface area contributed by atoms with Gasteiger partial charge >= 0.3 is 0 Å². The Labute approximate surface area is 382 Å². The maximum atomic E-state index is 13.3. The van der Waals surface area contributed by atoms with Crippen molar-refractivity contribution in [2.75, 3.05) is 52.3 Å². The van der Waals surface area contributed by atoms with Crippen LogP contribution >= 0.6 is 0 Å². The average molecular weight is 912 g/mol. The minimum Gasteiger partial charge on any atom is -0.492 e. The molecule has 4 amide bonds. The minimum atomic E-state index is -3.37. The highest BCUT2D eigenvalue weighted by Gasteiger charge is 2.46. The van der Waals surface area contributed by atoms with Gasteiger partial charge in [0.05, 0.1) is 29.2 Å². The lowest BCUT2D eigenvalue weighted by Gasteiger charge is -2.27. The summed E-state index contributed by atoms with van der Waals surface area (Å²) < 4.78 is 54.9. The number of sulfone groups is 1. The zero-order chi connectivity index (χ0) is 46.2. The van der Waals surface area contributed by atoms with Gasteiger partial charge in [0, 0.05) is 36.7 Å². The van der Waals surface area contributed by atoms with Gasteiger partial charge in [-0.1, -0.05) is 61.5 Å². The number of hydrogen-bond donors (Lipinski definition) is 1. The third kappa shape index (κ3) is 10.5. The van der Waals surface area contributed by atoms with E-state index in [1.807, 2.05) is 84.9 Å². The molecular weight excluding hydrogens is 863 g/mol. The predicted molar refractivity (Wildman–Crippen MR) is 247 cm³/mol. The first-order chi connectivity index (χ1) is 32.0. The SMILES string of the molecule is CCN(CCOCCOc1cccc2c1C(=O)N(C1CCC(=O)NC1=O)C2=O)CCOc1ccc(Oc2c(-c3ccc(S(C)(=O)=O)cc3)ccc3cc(OCc4ccccc4)ccc23)cc1. The van der Waals surface area contributed by atoms with Crippen molar-refractivity contribution in [3.63, 3.8) is 0 Å². The minimum absolute atomic E-state index is 0.0403. The second kappa shape index (κ2) is 20.4. The van der Waals surface area contributed by atoms with Gasteiger partial charge in [0.15, 0.2) is 9.84 Å². The van der Waals surface area contributed by atoms with Crippen LogP contribution in [0.1, 0.15) is 46.0 Å². The van der Waals surface area contributed by atoms with Crippen molar-refractivity contribution in [2.24, 2.45) is 0 Å². The number of piperidine rings is 1. The average Bonchev–Trinajstić information content (AvgIpc) is 3.58. The monoisotopic (exact) mass is 911 g/mol. The van der Waals surface area contributed by atoms with Gasteiger partial charge in [-0.05, 0) is 102 Å². The number of carbonyl (C=O) groups excluding carboxylic acids is 4. The summed E-state index contributed by atoms with van der Waals surface area (Å²) >= 11 is 0. The van der Waals surface area contributed by atoms with Crippen LogP contribution in [-0.4, -0.2) is 100 Å². The fourth-order valence-electron chi connectivity index (χ4n) is 7.88. The molecule has 0 spiro atoms. The molecule has 1 saturated heterocycles. The van der Waals surface area contributed by atoms with Crippen LogP contribution in [0.15, 0.2) is 132 Å². The number of imide groups is 2. The van der Waals surface area contributed by atoms with E-state index in [1.165, 1.54) is 12.3 Å². The number of benzene rings is 6. The zero-order valence-corrected chi connectivity index (χ0v) is 37.4. The number of nitrogens with one attached hydrogen (secondary N) is 1. The highest BCUT2D eigenvalue weighted by molar-refractivity contribution is 7.90. The fraction of sp³-hybridized carbons (Fsp3) is 0.255. The summed E-state index contributed by atoms with van der Waals surface area (Å²) in [5, 5.41) is 3.98. The summed E-state index contributed by atoms with van der Waals surface area (Å²) in [5.74, 6) is 0.514. The topological polar surface area (TPSA) is 167 Å². The van der Waals surface area contributed by atoms with Gasteiger partial charge in [-0.25, -0.2) is 8.42 Å². The molecule has 1 fully saturated rings. The highest BCUT2D eigenvalue weighted by atomic mass is 32.2. The molecule has 2 aliphatic rings. The van der Waals surface area contributed by atoms with Crippen molar-refractivity contribution < 1.29 is 51.3 Å². The van der Waals surface area contributed by atoms with Gasteiger partial charge in [-0.2, -0.15) is 0 Å². The van der Waals surface area contributed by atoms with E-state index < -0.39 is 39.5 Å². The molecule has 0 saturated carbocycles. The molecule has 1 atom stereocenters. The standard InChI is InChI=1S/C51H49N3O11S/c1-3-53(26-28-61-30-31-63-45-11-7-10-43-47(45)51(58)54(50(43)57)44-24-25-46(55)52-49(44)56)27-29-62-37-15-17-38(18-16-37)65-48-41(35-12-20-40(21-13-35)66(2,59)60)22-14-36-32-39(19-23-42(36)48)64-33-34-8-5-4-6-9-34/h4-23,32,44H,3,24-31,33H2,1-2H3,(H,52,55,56). The maximum Gasteiger partial charge on any atom is 0.266 e. The van der Waals surface area contributed by atoms with E-state index in [1.54, 1.807) is 36.4 Å². The summed E-state index contributed by atoms with van der Waals surface area (Å²) in [4.78, 5) is 53.8. The third-order valence-corrected chi connectivity index (χ3v) is 12.5. The maximum absolute atomic E-state index is 13.3. The van der Waals surface area contributed by atoms with E-state index in [9.17, 15) is 27.6 Å². The quantitative estimate of drug-likeness (QED) is 0.0594. The molecule has 340 valence electrons. The van der Waals surface area contributed by atoms with Gasteiger partial charge in [-0.15, -0.1) is 0 Å². The fourth-order valence-corrected chi connectivity index (χ4v) is 8.51. The molecule has 1 N–H and O–H groups in total. The van der Waals surface area contributed by atoms with Gasteiger partial charge in [0.1, 0.15) is 54.6 Å². The van der Waals surface area contributed by atoms with E-state index in [4.69, 9.17) is 23.7 Å². The molecule has 0 bridgehead atoms. The molecule has 6 aromatic rings. The van der Waals surface area contributed by atoms with Crippen LogP contribution in [0.25, 0.3) is 21.9 Å². The van der Waals surface area contributed by atoms with Crippen molar-refractivity contribution in [1.82, 2.24) is 15.1 Å². The Morgan fingerprint density at radius 3 is 2.18 bits per heavy atom. The molecule has 15 heteroatoms. The zero-order valence-electron chi connectivity index (χ0n) is 36.6. The second-order valence-corrected chi connectivity index (χ2v) is 17.9. The molecule has 0 aromatic heterocycles. The lowest BCUT2D eigenvalue weighted by Crippen LogP contribution is -2.54. The Morgan fingerprint density at radius 1 is 0.697 bits per heavy atom. The molecule has 8 rings (SSSR count). The van der Waals surface area contributed by atoms with Gasteiger partial charge in [-0.3, -0.25) is 34.3 Å². The Morgan fingerprint density at radius 2 is 1.44 bits per heavy atom. The number of ether oxygens (including phenoxy) is 5. The van der Waals surface area contributed by atoms with Crippen LogP contribution in [0.2, 0.25) is 0 Å². The number of carbonyl (C=O) groups is 4. The number of rotatable bonds is 20. The molecule has 14 nitrogen and oxygen atoms in total. The molecular formula is C51H49N3O11S. The van der Waals surface area contributed by atoms with Crippen molar-refractivity contribution in [1.29, 1.82) is 0 Å². The highest BCUT2D eigenvalue weighted by Crippen LogP contribution is 2.41. The van der Waals surface area contributed by atoms with Gasteiger partial charge in [0.25, 0.3) is 11.8 Å². The summed E-state index contributed by atoms with van der Waals surface area (Å²) in [6, 6.07) is 37.7. The first-order valence-electron chi connectivity index (χ1n) is 21.7.